The zero-order chi connectivity index (χ0) is 17.7. The first-order valence-electron chi connectivity index (χ1n) is 8.20. The van der Waals surface area contributed by atoms with E-state index < -0.39 is 11.5 Å². The van der Waals surface area contributed by atoms with Crippen LogP contribution in [-0.4, -0.2) is 29.4 Å². The molecule has 2 rings (SSSR count). The number of fused-ring (bicyclic) bond motifs is 1. The van der Waals surface area contributed by atoms with Crippen molar-refractivity contribution in [2.75, 3.05) is 6.54 Å². The van der Waals surface area contributed by atoms with Crippen LogP contribution < -0.4 is 10.6 Å². The smallest absolute Gasteiger partial charge is 0.242 e. The molecule has 2 N–H and O–H groups in total. The van der Waals surface area contributed by atoms with E-state index in [9.17, 15) is 9.59 Å². The highest BCUT2D eigenvalue weighted by Crippen LogP contribution is 2.22. The van der Waals surface area contributed by atoms with Crippen LogP contribution >= 0.6 is 11.3 Å². The number of nitrogens with zero attached hydrogens (tertiary/aromatic N) is 1. The molecule has 0 spiro atoms. The highest BCUT2D eigenvalue weighted by molar-refractivity contribution is 7.18. The van der Waals surface area contributed by atoms with Crippen molar-refractivity contribution >= 4 is 33.4 Å². The van der Waals surface area contributed by atoms with Crippen LogP contribution in [-0.2, 0) is 16.0 Å². The molecule has 130 valence electrons. The first-order valence-corrected chi connectivity index (χ1v) is 9.02. The Bertz CT molecular complexity index is 685. The zero-order valence-electron chi connectivity index (χ0n) is 14.7. The van der Waals surface area contributed by atoms with Crippen LogP contribution in [0.2, 0.25) is 0 Å². The first kappa shape index (κ1) is 18.4. The van der Waals surface area contributed by atoms with Gasteiger partial charge in [0.15, 0.2) is 0 Å². The van der Waals surface area contributed by atoms with E-state index in [1.807, 2.05) is 39.0 Å². The fourth-order valence-corrected chi connectivity index (χ4v) is 3.12. The highest BCUT2D eigenvalue weighted by Gasteiger charge is 2.24. The Hall–Kier alpha value is -1.95. The van der Waals surface area contributed by atoms with Gasteiger partial charge in [0.05, 0.1) is 15.2 Å². The monoisotopic (exact) mass is 347 g/mol. The summed E-state index contributed by atoms with van der Waals surface area (Å²) in [4.78, 5) is 28.5. The van der Waals surface area contributed by atoms with E-state index in [-0.39, 0.29) is 11.8 Å². The number of aryl methyl sites for hydroxylation is 1. The largest absolute Gasteiger partial charge is 0.354 e. The molecule has 2 aromatic rings. The van der Waals surface area contributed by atoms with E-state index in [2.05, 4.69) is 21.7 Å². The van der Waals surface area contributed by atoms with Crippen molar-refractivity contribution in [2.24, 2.45) is 5.41 Å². The first-order chi connectivity index (χ1) is 11.3. The molecule has 2 amide bonds. The van der Waals surface area contributed by atoms with Gasteiger partial charge in [0.2, 0.25) is 11.8 Å². The van der Waals surface area contributed by atoms with Gasteiger partial charge < -0.3 is 10.6 Å². The van der Waals surface area contributed by atoms with Crippen molar-refractivity contribution in [1.82, 2.24) is 15.6 Å². The molecule has 1 aromatic heterocycles. The molecule has 1 heterocycles. The van der Waals surface area contributed by atoms with Crippen molar-refractivity contribution in [1.29, 1.82) is 0 Å². The van der Waals surface area contributed by atoms with Crippen molar-refractivity contribution in [2.45, 2.75) is 46.6 Å². The highest BCUT2D eigenvalue weighted by atomic mass is 32.1. The average Bonchev–Trinajstić information content (AvgIpc) is 2.93. The Morgan fingerprint density at radius 2 is 1.96 bits per heavy atom. The van der Waals surface area contributed by atoms with E-state index in [0.717, 1.165) is 23.4 Å². The molecule has 0 radical (unpaired) electrons. The maximum Gasteiger partial charge on any atom is 0.242 e. The SMILES string of the molecule is C[C@@H](NC(=O)C(C)(C)C)C(=O)NCCCc1nc2ccccc2s1. The fraction of sp³-hybridized carbons (Fsp3) is 0.500. The predicted molar refractivity (Wildman–Crippen MR) is 98.0 cm³/mol. The lowest BCUT2D eigenvalue weighted by molar-refractivity contribution is -0.133. The van der Waals surface area contributed by atoms with Gasteiger partial charge in [-0.15, -0.1) is 11.3 Å². The lowest BCUT2D eigenvalue weighted by Crippen LogP contribution is -2.48. The quantitative estimate of drug-likeness (QED) is 0.789. The minimum Gasteiger partial charge on any atom is -0.354 e. The minimum absolute atomic E-state index is 0.125. The van der Waals surface area contributed by atoms with Gasteiger partial charge in [-0.2, -0.15) is 0 Å². The standard InChI is InChI=1S/C18H25N3O2S/c1-12(20-17(23)18(2,3)4)16(22)19-11-7-10-15-21-13-8-5-6-9-14(13)24-15/h5-6,8-9,12H,7,10-11H2,1-4H3,(H,19,22)(H,20,23)/t12-/m1/s1. The molecule has 0 bridgehead atoms. The molecule has 24 heavy (non-hydrogen) atoms. The summed E-state index contributed by atoms with van der Waals surface area (Å²) in [5, 5.41) is 6.68. The van der Waals surface area contributed by atoms with Crippen LogP contribution in [0.4, 0.5) is 0 Å². The minimum atomic E-state index is -0.529. The molecule has 5 nitrogen and oxygen atoms in total. The summed E-state index contributed by atoms with van der Waals surface area (Å²) >= 11 is 1.69. The number of carbonyl (C=O) groups is 2. The van der Waals surface area contributed by atoms with E-state index in [0.29, 0.717) is 6.54 Å². The number of carbonyl (C=O) groups excluding carboxylic acids is 2. The van der Waals surface area contributed by atoms with E-state index in [1.165, 1.54) is 4.70 Å². The van der Waals surface area contributed by atoms with Crippen LogP contribution in [0.25, 0.3) is 10.2 Å². The lowest BCUT2D eigenvalue weighted by atomic mass is 9.95. The van der Waals surface area contributed by atoms with Gasteiger partial charge >= 0.3 is 0 Å². The van der Waals surface area contributed by atoms with Crippen molar-refractivity contribution < 1.29 is 9.59 Å². The van der Waals surface area contributed by atoms with Gasteiger partial charge in [-0.05, 0) is 25.5 Å². The van der Waals surface area contributed by atoms with Crippen molar-refractivity contribution in [3.8, 4) is 0 Å². The zero-order valence-corrected chi connectivity index (χ0v) is 15.5. The molecule has 1 atom stereocenters. The second-order valence-corrected chi connectivity index (χ2v) is 8.03. The number of amides is 2. The topological polar surface area (TPSA) is 71.1 Å². The van der Waals surface area contributed by atoms with Gasteiger partial charge in [-0.3, -0.25) is 9.59 Å². The third kappa shape index (κ3) is 5.03. The summed E-state index contributed by atoms with van der Waals surface area (Å²) < 4.78 is 1.19. The van der Waals surface area contributed by atoms with Gasteiger partial charge in [-0.25, -0.2) is 4.98 Å². The van der Waals surface area contributed by atoms with Crippen LogP contribution in [0.15, 0.2) is 24.3 Å². The Labute approximate surface area is 146 Å². The Morgan fingerprint density at radius 3 is 2.62 bits per heavy atom. The summed E-state index contributed by atoms with van der Waals surface area (Å²) in [6.45, 7) is 7.75. The number of benzene rings is 1. The molecule has 0 aliphatic heterocycles. The second-order valence-electron chi connectivity index (χ2n) is 6.92. The maximum absolute atomic E-state index is 12.0. The van der Waals surface area contributed by atoms with Gasteiger partial charge in [0.25, 0.3) is 0 Å². The number of thiazole rings is 1. The second kappa shape index (κ2) is 7.75. The van der Waals surface area contributed by atoms with E-state index >= 15 is 0 Å². The predicted octanol–water partition coefficient (Wildman–Crippen LogP) is 2.90. The summed E-state index contributed by atoms with van der Waals surface area (Å²) in [6, 6.07) is 7.55. The summed E-state index contributed by atoms with van der Waals surface area (Å²) in [5.74, 6) is -0.281. The average molecular weight is 347 g/mol. The fourth-order valence-electron chi connectivity index (χ4n) is 2.11. The molecule has 0 fully saturated rings. The van der Waals surface area contributed by atoms with E-state index in [1.54, 1.807) is 18.3 Å². The van der Waals surface area contributed by atoms with Crippen LogP contribution in [0.5, 0.6) is 0 Å². The van der Waals surface area contributed by atoms with Crippen LogP contribution in [0.3, 0.4) is 0 Å². The number of para-hydroxylation sites is 1. The van der Waals surface area contributed by atoms with E-state index in [4.69, 9.17) is 0 Å². The maximum atomic E-state index is 12.0. The lowest BCUT2D eigenvalue weighted by Gasteiger charge is -2.21. The van der Waals surface area contributed by atoms with Crippen molar-refractivity contribution in [3.63, 3.8) is 0 Å². The van der Waals surface area contributed by atoms with Gasteiger partial charge in [0, 0.05) is 18.4 Å². The molecule has 1 aromatic carbocycles. The molecular formula is C18H25N3O2S. The van der Waals surface area contributed by atoms with Crippen molar-refractivity contribution in [3.05, 3.63) is 29.3 Å². The van der Waals surface area contributed by atoms with Gasteiger partial charge in [-0.1, -0.05) is 32.9 Å². The third-order valence-electron chi connectivity index (χ3n) is 3.63. The molecule has 0 aliphatic rings. The Kier molecular flexibility index (Phi) is 5.94. The Morgan fingerprint density at radius 1 is 1.25 bits per heavy atom. The van der Waals surface area contributed by atoms with Crippen LogP contribution in [0.1, 0.15) is 39.1 Å². The number of hydrogen-bond donors (Lipinski definition) is 2. The third-order valence-corrected chi connectivity index (χ3v) is 4.72. The number of nitrogens with one attached hydrogen (secondary N) is 2. The molecule has 0 unspecified atom stereocenters. The number of rotatable bonds is 6. The summed E-state index contributed by atoms with van der Waals surface area (Å²) in [7, 11) is 0. The summed E-state index contributed by atoms with van der Waals surface area (Å²) in [6.07, 6.45) is 1.66. The van der Waals surface area contributed by atoms with Crippen LogP contribution in [0, 0.1) is 5.41 Å². The molecule has 6 heteroatoms. The van der Waals surface area contributed by atoms with Gasteiger partial charge in [0.1, 0.15) is 6.04 Å². The molecule has 0 aliphatic carbocycles. The normalized spacial score (nSPS) is 12.8. The molecular weight excluding hydrogens is 322 g/mol. The molecule has 0 saturated carbocycles. The number of aromatic nitrogens is 1. The Balaban J connectivity index is 1.73. The summed E-state index contributed by atoms with van der Waals surface area (Å²) in [5.41, 5.74) is 0.529. The number of hydrogen-bond acceptors (Lipinski definition) is 4. The molecule has 0 saturated heterocycles.